The SMILES string of the molecule is O=C(/C=C/c1ccccc1Cl)NCc1cc(-c2ccco2)on1. The zero-order valence-corrected chi connectivity index (χ0v) is 12.8. The molecule has 1 aromatic carbocycles. The van der Waals surface area contributed by atoms with Gasteiger partial charge in [0.2, 0.25) is 11.7 Å². The zero-order valence-electron chi connectivity index (χ0n) is 12.0. The molecule has 0 atom stereocenters. The second-order valence-corrected chi connectivity index (χ2v) is 5.14. The summed E-state index contributed by atoms with van der Waals surface area (Å²) in [5.74, 6) is 0.868. The third kappa shape index (κ3) is 3.90. The standard InChI is InChI=1S/C17H13ClN2O3/c18-14-5-2-1-4-12(14)7-8-17(21)19-11-13-10-16(23-20-13)15-6-3-9-22-15/h1-10H,11H2,(H,19,21)/b8-7+. The number of aromatic nitrogens is 1. The first-order valence-electron chi connectivity index (χ1n) is 6.92. The zero-order chi connectivity index (χ0) is 16.1. The number of halogens is 1. The monoisotopic (exact) mass is 328 g/mol. The Kier molecular flexibility index (Phi) is 4.59. The molecule has 0 saturated carbocycles. The van der Waals surface area contributed by atoms with Crippen LogP contribution >= 0.6 is 11.6 Å². The molecule has 6 heteroatoms. The summed E-state index contributed by atoms with van der Waals surface area (Å²) in [5.41, 5.74) is 1.39. The summed E-state index contributed by atoms with van der Waals surface area (Å²) < 4.78 is 10.4. The number of furan rings is 1. The molecular formula is C17H13ClN2O3. The molecule has 0 fully saturated rings. The van der Waals surface area contributed by atoms with Crippen molar-refractivity contribution < 1.29 is 13.7 Å². The van der Waals surface area contributed by atoms with Gasteiger partial charge in [0, 0.05) is 17.2 Å². The number of nitrogens with one attached hydrogen (secondary N) is 1. The van der Waals surface area contributed by atoms with Gasteiger partial charge in [0.05, 0.1) is 12.8 Å². The van der Waals surface area contributed by atoms with Crippen LogP contribution in [0.25, 0.3) is 17.6 Å². The summed E-state index contributed by atoms with van der Waals surface area (Å²) >= 11 is 6.02. The van der Waals surface area contributed by atoms with Crippen molar-refractivity contribution in [3.8, 4) is 11.5 Å². The van der Waals surface area contributed by atoms with E-state index >= 15 is 0 Å². The van der Waals surface area contributed by atoms with E-state index in [2.05, 4.69) is 10.5 Å². The van der Waals surface area contributed by atoms with Crippen LogP contribution in [0, 0.1) is 0 Å². The third-order valence-corrected chi connectivity index (χ3v) is 3.43. The lowest BCUT2D eigenvalue weighted by molar-refractivity contribution is -0.116. The maximum Gasteiger partial charge on any atom is 0.244 e. The number of hydrogen-bond donors (Lipinski definition) is 1. The lowest BCUT2D eigenvalue weighted by Gasteiger charge is -1.99. The van der Waals surface area contributed by atoms with Crippen LogP contribution in [0.4, 0.5) is 0 Å². The van der Waals surface area contributed by atoms with Gasteiger partial charge in [0.15, 0.2) is 5.76 Å². The normalized spacial score (nSPS) is 11.0. The summed E-state index contributed by atoms with van der Waals surface area (Å²) in [4.78, 5) is 11.8. The Hall–Kier alpha value is -2.79. The van der Waals surface area contributed by atoms with Crippen LogP contribution < -0.4 is 5.32 Å². The molecule has 0 aliphatic rings. The van der Waals surface area contributed by atoms with E-state index in [0.717, 1.165) is 5.56 Å². The van der Waals surface area contributed by atoms with Gasteiger partial charge in [-0.1, -0.05) is 35.0 Å². The van der Waals surface area contributed by atoms with Crippen LogP contribution in [-0.2, 0) is 11.3 Å². The first-order chi connectivity index (χ1) is 11.2. The topological polar surface area (TPSA) is 68.3 Å². The minimum atomic E-state index is -0.243. The van der Waals surface area contributed by atoms with Crippen LogP contribution in [0.3, 0.4) is 0 Å². The largest absolute Gasteiger partial charge is 0.461 e. The van der Waals surface area contributed by atoms with Crippen molar-refractivity contribution in [3.63, 3.8) is 0 Å². The van der Waals surface area contributed by atoms with Gasteiger partial charge in [-0.2, -0.15) is 0 Å². The Morgan fingerprint density at radius 1 is 1.22 bits per heavy atom. The average Bonchev–Trinajstić information content (AvgIpc) is 3.23. The van der Waals surface area contributed by atoms with Crippen molar-refractivity contribution in [1.82, 2.24) is 10.5 Å². The molecule has 0 radical (unpaired) electrons. The highest BCUT2D eigenvalue weighted by Crippen LogP contribution is 2.20. The minimum Gasteiger partial charge on any atom is -0.461 e. The van der Waals surface area contributed by atoms with Crippen molar-refractivity contribution in [2.24, 2.45) is 0 Å². The fourth-order valence-corrected chi connectivity index (χ4v) is 2.14. The molecule has 0 bridgehead atoms. The molecule has 23 heavy (non-hydrogen) atoms. The molecule has 2 heterocycles. The molecule has 116 valence electrons. The average molecular weight is 329 g/mol. The van der Waals surface area contributed by atoms with E-state index in [0.29, 0.717) is 22.2 Å². The highest BCUT2D eigenvalue weighted by molar-refractivity contribution is 6.32. The number of carbonyl (C=O) groups is 1. The van der Waals surface area contributed by atoms with Crippen LogP contribution in [0.5, 0.6) is 0 Å². The molecule has 1 N–H and O–H groups in total. The van der Waals surface area contributed by atoms with E-state index in [1.807, 2.05) is 18.2 Å². The van der Waals surface area contributed by atoms with E-state index in [1.54, 1.807) is 36.6 Å². The summed E-state index contributed by atoms with van der Waals surface area (Å²) in [7, 11) is 0. The molecule has 0 unspecified atom stereocenters. The van der Waals surface area contributed by atoms with Gasteiger partial charge in [-0.05, 0) is 29.8 Å². The highest BCUT2D eigenvalue weighted by Gasteiger charge is 2.09. The smallest absolute Gasteiger partial charge is 0.244 e. The fraction of sp³-hybridized carbons (Fsp3) is 0.0588. The molecule has 0 spiro atoms. The maximum absolute atomic E-state index is 11.8. The van der Waals surface area contributed by atoms with E-state index in [4.69, 9.17) is 20.5 Å². The number of benzene rings is 1. The second-order valence-electron chi connectivity index (χ2n) is 4.73. The van der Waals surface area contributed by atoms with Crippen molar-refractivity contribution in [2.45, 2.75) is 6.54 Å². The fourth-order valence-electron chi connectivity index (χ4n) is 1.94. The Labute approximate surface area is 137 Å². The predicted octanol–water partition coefficient (Wildman–Crippen LogP) is 3.92. The summed E-state index contributed by atoms with van der Waals surface area (Å²) in [6.45, 7) is 0.260. The molecule has 5 nitrogen and oxygen atoms in total. The van der Waals surface area contributed by atoms with Crippen molar-refractivity contribution in [3.05, 3.63) is 71.1 Å². The van der Waals surface area contributed by atoms with E-state index < -0.39 is 0 Å². The maximum atomic E-state index is 11.8. The Bertz CT molecular complexity index is 822. The molecule has 0 saturated heterocycles. The van der Waals surface area contributed by atoms with Gasteiger partial charge in [0.1, 0.15) is 5.69 Å². The van der Waals surface area contributed by atoms with Crippen molar-refractivity contribution in [1.29, 1.82) is 0 Å². The Morgan fingerprint density at radius 2 is 2.09 bits per heavy atom. The van der Waals surface area contributed by atoms with Gasteiger partial charge >= 0.3 is 0 Å². The van der Waals surface area contributed by atoms with Gasteiger partial charge in [-0.15, -0.1) is 0 Å². The highest BCUT2D eigenvalue weighted by atomic mass is 35.5. The van der Waals surface area contributed by atoms with E-state index in [9.17, 15) is 4.79 Å². The van der Waals surface area contributed by atoms with Crippen molar-refractivity contribution in [2.75, 3.05) is 0 Å². The molecule has 0 aliphatic carbocycles. The summed E-state index contributed by atoms with van der Waals surface area (Å²) in [6, 6.07) is 12.5. The number of hydrogen-bond acceptors (Lipinski definition) is 4. The molecule has 0 aliphatic heterocycles. The molecule has 2 aromatic heterocycles. The number of carbonyl (C=O) groups excluding carboxylic acids is 1. The van der Waals surface area contributed by atoms with Crippen LogP contribution in [0.1, 0.15) is 11.3 Å². The predicted molar refractivity (Wildman–Crippen MR) is 86.5 cm³/mol. The van der Waals surface area contributed by atoms with E-state index in [-0.39, 0.29) is 12.5 Å². The Morgan fingerprint density at radius 3 is 2.87 bits per heavy atom. The first kappa shape index (κ1) is 15.1. The van der Waals surface area contributed by atoms with Crippen LogP contribution in [-0.4, -0.2) is 11.1 Å². The van der Waals surface area contributed by atoms with E-state index in [1.165, 1.54) is 6.08 Å². The van der Waals surface area contributed by atoms with Gasteiger partial charge in [0.25, 0.3) is 0 Å². The molecule has 3 rings (SSSR count). The van der Waals surface area contributed by atoms with Gasteiger partial charge < -0.3 is 14.3 Å². The van der Waals surface area contributed by atoms with Gasteiger partial charge in [-0.25, -0.2) is 0 Å². The lowest BCUT2D eigenvalue weighted by Crippen LogP contribution is -2.20. The lowest BCUT2D eigenvalue weighted by atomic mass is 10.2. The minimum absolute atomic E-state index is 0.243. The molecule has 1 amide bonds. The number of nitrogens with zero attached hydrogens (tertiary/aromatic N) is 1. The van der Waals surface area contributed by atoms with Crippen LogP contribution in [0.2, 0.25) is 5.02 Å². The second kappa shape index (κ2) is 6.98. The molecular weight excluding hydrogens is 316 g/mol. The van der Waals surface area contributed by atoms with Crippen LogP contribution in [0.15, 0.2) is 63.7 Å². The summed E-state index contributed by atoms with van der Waals surface area (Å²) in [5, 5.41) is 7.20. The quantitative estimate of drug-likeness (QED) is 0.721. The first-order valence-corrected chi connectivity index (χ1v) is 7.30. The number of rotatable bonds is 5. The third-order valence-electron chi connectivity index (χ3n) is 3.09. The summed E-state index contributed by atoms with van der Waals surface area (Å²) in [6.07, 6.45) is 4.64. The van der Waals surface area contributed by atoms with Gasteiger partial charge in [-0.3, -0.25) is 4.79 Å². The van der Waals surface area contributed by atoms with Crippen molar-refractivity contribution >= 4 is 23.6 Å². The molecule has 3 aromatic rings. The Balaban J connectivity index is 1.56. The number of amides is 1.